The van der Waals surface area contributed by atoms with Crippen LogP contribution in [0.15, 0.2) is 16.9 Å². The predicted octanol–water partition coefficient (Wildman–Crippen LogP) is -0.196. The van der Waals surface area contributed by atoms with Crippen molar-refractivity contribution >= 4 is 12.0 Å². The molecule has 1 aromatic rings. The number of amides is 2. The summed E-state index contributed by atoms with van der Waals surface area (Å²) in [6, 6.07) is 2.75. The number of aromatic nitrogens is 2. The molecule has 24 heavy (non-hydrogen) atoms. The Labute approximate surface area is 139 Å². The van der Waals surface area contributed by atoms with Crippen LogP contribution in [0, 0.1) is 0 Å². The molecule has 9 nitrogen and oxygen atoms in total. The Bertz CT molecular complexity index is 637. The van der Waals surface area contributed by atoms with Crippen molar-refractivity contribution in [2.45, 2.75) is 13.5 Å². The van der Waals surface area contributed by atoms with Crippen molar-refractivity contribution in [1.82, 2.24) is 19.6 Å². The second kappa shape index (κ2) is 8.44. The zero-order valence-electron chi connectivity index (χ0n) is 13.9. The number of carbonyl (C=O) groups excluding carboxylic acids is 2. The average molecular weight is 338 g/mol. The van der Waals surface area contributed by atoms with Gasteiger partial charge in [0.2, 0.25) is 0 Å². The molecule has 0 aliphatic carbocycles. The van der Waals surface area contributed by atoms with E-state index in [0.29, 0.717) is 39.4 Å². The van der Waals surface area contributed by atoms with Gasteiger partial charge in [-0.2, -0.15) is 5.10 Å². The summed E-state index contributed by atoms with van der Waals surface area (Å²) in [5.74, 6) is -0.260. The number of hydrogen-bond donors (Lipinski definition) is 0. The third-order valence-corrected chi connectivity index (χ3v) is 3.69. The van der Waals surface area contributed by atoms with Gasteiger partial charge in [0.25, 0.3) is 11.5 Å². The molecule has 1 fully saturated rings. The number of ether oxygens (including phenoxy) is 2. The maximum atomic E-state index is 12.5. The molecule has 0 saturated carbocycles. The van der Waals surface area contributed by atoms with Crippen molar-refractivity contribution in [3.8, 4) is 0 Å². The summed E-state index contributed by atoms with van der Waals surface area (Å²) in [5.41, 5.74) is -0.0778. The van der Waals surface area contributed by atoms with Crippen molar-refractivity contribution in [1.29, 1.82) is 0 Å². The molecule has 2 amide bonds. The molecule has 0 bridgehead atoms. The number of piperazine rings is 1. The van der Waals surface area contributed by atoms with Gasteiger partial charge in [0.15, 0.2) is 0 Å². The molecule has 132 valence electrons. The SMILES string of the molecule is CCOC(=O)N1CCN(C(=O)c2ccc(=O)n(CCOC)n2)CC1. The van der Waals surface area contributed by atoms with E-state index in [-0.39, 0.29) is 29.8 Å². The fourth-order valence-corrected chi connectivity index (χ4v) is 2.37. The fourth-order valence-electron chi connectivity index (χ4n) is 2.37. The molecule has 0 aromatic carbocycles. The van der Waals surface area contributed by atoms with Crippen molar-refractivity contribution in [3.05, 3.63) is 28.2 Å². The van der Waals surface area contributed by atoms with E-state index in [1.807, 2.05) is 0 Å². The molecule has 1 aliphatic heterocycles. The molecule has 2 rings (SSSR count). The molecule has 2 heterocycles. The van der Waals surface area contributed by atoms with Crippen LogP contribution in [-0.4, -0.2) is 78.1 Å². The fraction of sp³-hybridized carbons (Fsp3) is 0.600. The van der Waals surface area contributed by atoms with E-state index in [2.05, 4.69) is 5.10 Å². The van der Waals surface area contributed by atoms with Crippen molar-refractivity contribution in [3.63, 3.8) is 0 Å². The van der Waals surface area contributed by atoms with Gasteiger partial charge in [-0.25, -0.2) is 9.48 Å². The summed E-state index contributed by atoms with van der Waals surface area (Å²) in [4.78, 5) is 39.1. The van der Waals surface area contributed by atoms with Crippen molar-refractivity contribution in [2.24, 2.45) is 0 Å². The molecule has 0 radical (unpaired) electrons. The molecule has 0 spiro atoms. The van der Waals surface area contributed by atoms with Crippen LogP contribution in [0.4, 0.5) is 4.79 Å². The second-order valence-corrected chi connectivity index (χ2v) is 5.25. The largest absolute Gasteiger partial charge is 0.450 e. The Kier molecular flexibility index (Phi) is 6.30. The lowest BCUT2D eigenvalue weighted by molar-refractivity contribution is 0.0563. The van der Waals surface area contributed by atoms with Gasteiger partial charge in [-0.15, -0.1) is 0 Å². The highest BCUT2D eigenvalue weighted by atomic mass is 16.6. The van der Waals surface area contributed by atoms with Crippen LogP contribution in [0.2, 0.25) is 0 Å². The zero-order chi connectivity index (χ0) is 17.5. The Balaban J connectivity index is 2.00. The first-order valence-corrected chi connectivity index (χ1v) is 7.85. The molecule has 0 atom stereocenters. The van der Waals surface area contributed by atoms with Crippen LogP contribution < -0.4 is 5.56 Å². The van der Waals surface area contributed by atoms with E-state index >= 15 is 0 Å². The van der Waals surface area contributed by atoms with Gasteiger partial charge in [0.05, 0.1) is 19.8 Å². The maximum absolute atomic E-state index is 12.5. The molecular weight excluding hydrogens is 316 g/mol. The molecule has 1 aliphatic rings. The van der Waals surface area contributed by atoms with E-state index in [1.165, 1.54) is 23.9 Å². The average Bonchev–Trinajstić information content (AvgIpc) is 2.61. The summed E-state index contributed by atoms with van der Waals surface area (Å²) < 4.78 is 11.1. The molecule has 0 unspecified atom stereocenters. The highest BCUT2D eigenvalue weighted by Gasteiger charge is 2.26. The summed E-state index contributed by atoms with van der Waals surface area (Å²) in [7, 11) is 1.53. The third-order valence-electron chi connectivity index (χ3n) is 3.69. The van der Waals surface area contributed by atoms with Crippen LogP contribution in [0.5, 0.6) is 0 Å². The first kappa shape index (κ1) is 17.9. The van der Waals surface area contributed by atoms with Gasteiger partial charge in [-0.05, 0) is 13.0 Å². The molecular formula is C15H22N4O5. The smallest absolute Gasteiger partial charge is 0.409 e. The minimum absolute atomic E-state index is 0.204. The Hall–Kier alpha value is -2.42. The van der Waals surface area contributed by atoms with Gasteiger partial charge in [0, 0.05) is 39.4 Å². The monoisotopic (exact) mass is 338 g/mol. The zero-order valence-corrected chi connectivity index (χ0v) is 13.9. The number of carbonyl (C=O) groups is 2. The highest BCUT2D eigenvalue weighted by Crippen LogP contribution is 2.07. The quantitative estimate of drug-likeness (QED) is 0.738. The van der Waals surface area contributed by atoms with E-state index in [4.69, 9.17) is 9.47 Å². The van der Waals surface area contributed by atoms with E-state index in [0.717, 1.165) is 0 Å². The number of hydrogen-bond acceptors (Lipinski definition) is 6. The van der Waals surface area contributed by atoms with E-state index in [9.17, 15) is 14.4 Å². The first-order valence-electron chi connectivity index (χ1n) is 7.85. The Morgan fingerprint density at radius 2 is 1.83 bits per heavy atom. The number of methoxy groups -OCH3 is 1. The van der Waals surface area contributed by atoms with E-state index < -0.39 is 0 Å². The maximum Gasteiger partial charge on any atom is 0.409 e. The van der Waals surface area contributed by atoms with E-state index in [1.54, 1.807) is 16.7 Å². The minimum atomic E-state index is -0.365. The number of rotatable bonds is 5. The van der Waals surface area contributed by atoms with Gasteiger partial charge in [-0.3, -0.25) is 9.59 Å². The first-order chi connectivity index (χ1) is 11.6. The van der Waals surface area contributed by atoms with Crippen LogP contribution in [0.1, 0.15) is 17.4 Å². The lowest BCUT2D eigenvalue weighted by Gasteiger charge is -2.33. The Morgan fingerprint density at radius 1 is 1.17 bits per heavy atom. The number of nitrogens with zero attached hydrogens (tertiary/aromatic N) is 4. The third kappa shape index (κ3) is 4.31. The van der Waals surface area contributed by atoms with Crippen molar-refractivity contribution < 1.29 is 19.1 Å². The molecule has 1 aromatic heterocycles. The molecule has 0 N–H and O–H groups in total. The molecule has 9 heteroatoms. The van der Waals surface area contributed by atoms with Gasteiger partial charge in [-0.1, -0.05) is 0 Å². The second-order valence-electron chi connectivity index (χ2n) is 5.25. The Morgan fingerprint density at radius 3 is 2.46 bits per heavy atom. The molecule has 1 saturated heterocycles. The van der Waals surface area contributed by atoms with Crippen molar-refractivity contribution in [2.75, 3.05) is 46.5 Å². The lowest BCUT2D eigenvalue weighted by Crippen LogP contribution is -2.51. The van der Waals surface area contributed by atoms with Crippen LogP contribution in [-0.2, 0) is 16.0 Å². The summed E-state index contributed by atoms with van der Waals surface area (Å²) in [6.07, 6.45) is -0.365. The predicted molar refractivity (Wildman–Crippen MR) is 84.9 cm³/mol. The minimum Gasteiger partial charge on any atom is -0.450 e. The standard InChI is InChI=1S/C15H22N4O5/c1-3-24-15(22)18-8-6-17(7-9-18)14(21)12-4-5-13(20)19(16-12)10-11-23-2/h4-5H,3,6-11H2,1-2H3. The lowest BCUT2D eigenvalue weighted by atomic mass is 10.2. The topological polar surface area (TPSA) is 94.0 Å². The summed E-state index contributed by atoms with van der Waals surface area (Å²) >= 11 is 0. The summed E-state index contributed by atoms with van der Waals surface area (Å²) in [6.45, 7) is 4.32. The highest BCUT2D eigenvalue weighted by molar-refractivity contribution is 5.92. The summed E-state index contributed by atoms with van der Waals surface area (Å²) in [5, 5.41) is 4.10. The van der Waals surface area contributed by atoms with Crippen LogP contribution in [0.25, 0.3) is 0 Å². The van der Waals surface area contributed by atoms with Crippen LogP contribution >= 0.6 is 0 Å². The van der Waals surface area contributed by atoms with Gasteiger partial charge >= 0.3 is 6.09 Å². The normalized spacial score (nSPS) is 14.6. The van der Waals surface area contributed by atoms with Crippen LogP contribution in [0.3, 0.4) is 0 Å². The van der Waals surface area contributed by atoms with Gasteiger partial charge < -0.3 is 19.3 Å². The van der Waals surface area contributed by atoms with Gasteiger partial charge in [0.1, 0.15) is 5.69 Å².